The molecule has 0 atom stereocenters. The molecule has 0 radical (unpaired) electrons. The normalized spacial score (nSPS) is 15.1. The molecule has 0 unspecified atom stereocenters. The van der Waals surface area contributed by atoms with E-state index < -0.39 is 0 Å². The van der Waals surface area contributed by atoms with Gasteiger partial charge in [-0.15, -0.1) is 0 Å². The van der Waals surface area contributed by atoms with Crippen molar-refractivity contribution in [3.63, 3.8) is 0 Å². The van der Waals surface area contributed by atoms with Crippen LogP contribution in [0.25, 0.3) is 11.3 Å². The number of nitrogens with zero attached hydrogens (tertiary/aromatic N) is 3. The highest BCUT2D eigenvalue weighted by molar-refractivity contribution is 6.33. The number of likely N-dealkylation sites (tertiary alicyclic amines) is 1. The Labute approximate surface area is 182 Å². The summed E-state index contributed by atoms with van der Waals surface area (Å²) in [5.41, 5.74) is 2.88. The Bertz CT molecular complexity index is 831. The van der Waals surface area contributed by atoms with Crippen molar-refractivity contribution in [1.82, 2.24) is 14.9 Å². The maximum atomic E-state index is 11.2. The number of carbonyl (C=O) groups excluding carboxylic acids is 1. The van der Waals surface area contributed by atoms with Gasteiger partial charge in [0.2, 0.25) is 6.41 Å². The van der Waals surface area contributed by atoms with E-state index in [-0.39, 0.29) is 6.04 Å². The Morgan fingerprint density at radius 2 is 1.87 bits per heavy atom. The highest BCUT2D eigenvalue weighted by Crippen LogP contribution is 2.38. The first-order valence-corrected chi connectivity index (χ1v) is 10.4. The number of aromatic nitrogens is 1. The fourth-order valence-corrected chi connectivity index (χ4v) is 3.97. The third-order valence-electron chi connectivity index (χ3n) is 5.27. The van der Waals surface area contributed by atoms with Gasteiger partial charge in [-0.25, -0.2) is 5.06 Å². The lowest BCUT2D eigenvalue weighted by atomic mass is 10.0. The predicted molar refractivity (Wildman–Crippen MR) is 116 cm³/mol. The zero-order valence-electron chi connectivity index (χ0n) is 17.6. The van der Waals surface area contributed by atoms with Gasteiger partial charge in [0.1, 0.15) is 16.5 Å². The van der Waals surface area contributed by atoms with Crippen LogP contribution in [-0.2, 0) is 16.2 Å². The Hall–Kier alpha value is -2.35. The summed E-state index contributed by atoms with van der Waals surface area (Å²) < 4.78 is 10.7. The molecule has 8 heteroatoms. The third kappa shape index (κ3) is 5.22. The van der Waals surface area contributed by atoms with Gasteiger partial charge in [0.15, 0.2) is 0 Å². The molecule has 1 aromatic heterocycles. The number of pyridine rings is 1. The monoisotopic (exact) mass is 433 g/mol. The Balaban J connectivity index is 1.69. The standard InChI is InChI=1S/C22H28ClN3O4/c1-4-30-26(15-27)18-6-9-25(10-7-18)14-16-5-8-24-19(11-16)17-12-20(28-2)22(23)21(13-17)29-3/h5,8,11-13,15,18H,4,6-7,9-10,14H2,1-3H3. The molecule has 1 aliphatic rings. The molecule has 3 rings (SSSR count). The molecule has 0 aliphatic carbocycles. The number of hydrogen-bond donors (Lipinski definition) is 0. The zero-order chi connectivity index (χ0) is 21.5. The van der Waals surface area contributed by atoms with Crippen molar-refractivity contribution in [2.45, 2.75) is 32.4 Å². The summed E-state index contributed by atoms with van der Waals surface area (Å²) in [6, 6.07) is 7.97. The van der Waals surface area contributed by atoms with Crippen molar-refractivity contribution in [3.8, 4) is 22.8 Å². The van der Waals surface area contributed by atoms with E-state index in [2.05, 4.69) is 16.0 Å². The number of rotatable bonds is 9. The van der Waals surface area contributed by atoms with Crippen molar-refractivity contribution in [2.24, 2.45) is 0 Å². The average molecular weight is 434 g/mol. The summed E-state index contributed by atoms with van der Waals surface area (Å²) in [6.45, 7) is 5.02. The summed E-state index contributed by atoms with van der Waals surface area (Å²) in [6.07, 6.45) is 4.38. The summed E-state index contributed by atoms with van der Waals surface area (Å²) in [5.74, 6) is 1.10. The van der Waals surface area contributed by atoms with Gasteiger partial charge in [0.05, 0.1) is 32.6 Å². The molecule has 2 aromatic rings. The van der Waals surface area contributed by atoms with Gasteiger partial charge in [-0.1, -0.05) is 11.6 Å². The zero-order valence-corrected chi connectivity index (χ0v) is 18.4. The second kappa shape index (κ2) is 10.6. The Morgan fingerprint density at radius 1 is 1.20 bits per heavy atom. The van der Waals surface area contributed by atoms with E-state index in [1.807, 2.05) is 31.3 Å². The van der Waals surface area contributed by atoms with Crippen LogP contribution in [0.1, 0.15) is 25.3 Å². The topological polar surface area (TPSA) is 64.1 Å². The number of halogens is 1. The van der Waals surface area contributed by atoms with Crippen LogP contribution in [0.15, 0.2) is 30.5 Å². The van der Waals surface area contributed by atoms with E-state index in [9.17, 15) is 4.79 Å². The highest BCUT2D eigenvalue weighted by Gasteiger charge is 2.24. The first-order valence-electron chi connectivity index (χ1n) is 10.0. The largest absolute Gasteiger partial charge is 0.495 e. The van der Waals surface area contributed by atoms with Crippen molar-refractivity contribution >= 4 is 18.0 Å². The number of amides is 1. The van der Waals surface area contributed by atoms with Crippen molar-refractivity contribution in [1.29, 1.82) is 0 Å². The van der Waals surface area contributed by atoms with E-state index in [0.29, 0.717) is 23.1 Å². The van der Waals surface area contributed by atoms with E-state index in [1.165, 1.54) is 10.6 Å². The summed E-state index contributed by atoms with van der Waals surface area (Å²) in [7, 11) is 3.16. The molecule has 1 saturated heterocycles. The van der Waals surface area contributed by atoms with Gasteiger partial charge in [0, 0.05) is 31.4 Å². The molecule has 7 nitrogen and oxygen atoms in total. The molecule has 0 spiro atoms. The fraction of sp³-hybridized carbons (Fsp3) is 0.455. The smallest absolute Gasteiger partial charge is 0.233 e. The fourth-order valence-electron chi connectivity index (χ4n) is 3.71. The predicted octanol–water partition coefficient (Wildman–Crippen LogP) is 3.79. The van der Waals surface area contributed by atoms with Gasteiger partial charge in [-0.05, 0) is 49.6 Å². The Kier molecular flexibility index (Phi) is 7.90. The number of carbonyl (C=O) groups is 1. The van der Waals surface area contributed by atoms with E-state index in [4.69, 9.17) is 25.9 Å². The summed E-state index contributed by atoms with van der Waals surface area (Å²) >= 11 is 6.28. The first-order chi connectivity index (χ1) is 14.6. The molecule has 1 aliphatic heterocycles. The second-order valence-corrected chi connectivity index (χ2v) is 7.51. The molecule has 2 heterocycles. The van der Waals surface area contributed by atoms with Gasteiger partial charge in [0.25, 0.3) is 0 Å². The molecule has 162 valence electrons. The number of benzene rings is 1. The highest BCUT2D eigenvalue weighted by atomic mass is 35.5. The average Bonchev–Trinajstić information content (AvgIpc) is 2.78. The van der Waals surface area contributed by atoms with Crippen LogP contribution < -0.4 is 9.47 Å². The van der Waals surface area contributed by atoms with E-state index >= 15 is 0 Å². The lowest BCUT2D eigenvalue weighted by Crippen LogP contribution is -2.44. The van der Waals surface area contributed by atoms with Crippen LogP contribution in [0.5, 0.6) is 11.5 Å². The van der Waals surface area contributed by atoms with Gasteiger partial charge in [-0.3, -0.25) is 19.5 Å². The SMILES string of the molecule is CCON(C=O)C1CCN(Cc2ccnc(-c3cc(OC)c(Cl)c(OC)c3)c2)CC1. The van der Waals surface area contributed by atoms with Crippen LogP contribution in [0.2, 0.25) is 5.02 Å². The number of methoxy groups -OCH3 is 2. The molecule has 0 N–H and O–H groups in total. The maximum Gasteiger partial charge on any atom is 0.233 e. The van der Waals surface area contributed by atoms with Crippen LogP contribution in [0.4, 0.5) is 0 Å². The second-order valence-electron chi connectivity index (χ2n) is 7.13. The molecule has 0 bridgehead atoms. The van der Waals surface area contributed by atoms with Crippen LogP contribution in [-0.4, -0.2) is 61.3 Å². The molecule has 1 fully saturated rings. The molecular formula is C22H28ClN3O4. The van der Waals surface area contributed by atoms with E-state index in [0.717, 1.165) is 50.1 Å². The van der Waals surface area contributed by atoms with Crippen molar-refractivity contribution in [3.05, 3.63) is 41.0 Å². The third-order valence-corrected chi connectivity index (χ3v) is 5.64. The van der Waals surface area contributed by atoms with Gasteiger partial charge in [-0.2, -0.15) is 0 Å². The minimum absolute atomic E-state index is 0.140. The van der Waals surface area contributed by atoms with E-state index in [1.54, 1.807) is 14.2 Å². The molecule has 1 amide bonds. The van der Waals surface area contributed by atoms with Gasteiger partial charge >= 0.3 is 0 Å². The van der Waals surface area contributed by atoms with Gasteiger partial charge < -0.3 is 9.47 Å². The van der Waals surface area contributed by atoms with Crippen LogP contribution >= 0.6 is 11.6 Å². The molecular weight excluding hydrogens is 406 g/mol. The number of piperidine rings is 1. The number of ether oxygens (including phenoxy) is 2. The molecule has 0 saturated carbocycles. The quantitative estimate of drug-likeness (QED) is 0.443. The van der Waals surface area contributed by atoms with Crippen molar-refractivity contribution < 1.29 is 19.1 Å². The minimum Gasteiger partial charge on any atom is -0.495 e. The lowest BCUT2D eigenvalue weighted by molar-refractivity contribution is -0.189. The summed E-state index contributed by atoms with van der Waals surface area (Å²) in [4.78, 5) is 23.5. The summed E-state index contributed by atoms with van der Waals surface area (Å²) in [5, 5.41) is 1.91. The molecule has 1 aromatic carbocycles. The van der Waals surface area contributed by atoms with Crippen molar-refractivity contribution in [2.75, 3.05) is 33.9 Å². The Morgan fingerprint density at radius 3 is 2.43 bits per heavy atom. The molecule has 30 heavy (non-hydrogen) atoms. The van der Waals surface area contributed by atoms with Crippen LogP contribution in [0.3, 0.4) is 0 Å². The minimum atomic E-state index is 0.140. The number of hydroxylamine groups is 2. The van der Waals surface area contributed by atoms with Crippen LogP contribution in [0, 0.1) is 0 Å². The maximum absolute atomic E-state index is 11.2. The lowest BCUT2D eigenvalue weighted by Gasteiger charge is -2.35. The first kappa shape index (κ1) is 22.3. The number of hydrogen-bond acceptors (Lipinski definition) is 6.